The van der Waals surface area contributed by atoms with Crippen LogP contribution in [-0.2, 0) is 9.16 Å². The van der Waals surface area contributed by atoms with Crippen molar-refractivity contribution in [2.24, 2.45) is 5.92 Å². The van der Waals surface area contributed by atoms with Gasteiger partial charge in [-0.05, 0) is 18.1 Å². The van der Waals surface area contributed by atoms with E-state index in [-0.39, 0.29) is 23.7 Å². The summed E-state index contributed by atoms with van der Waals surface area (Å²) in [6.45, 7) is 12.6. The van der Waals surface area contributed by atoms with Crippen LogP contribution in [0, 0.1) is 5.92 Å². The molecule has 0 aromatic heterocycles. The fraction of sp³-hybridized carbons (Fsp3) is 1.00. The summed E-state index contributed by atoms with van der Waals surface area (Å²) in [7, 11) is -1.72. The van der Waals surface area contributed by atoms with Crippen molar-refractivity contribution in [3.05, 3.63) is 0 Å². The molecule has 1 aliphatic rings. The number of ether oxygens (including phenoxy) is 1. The molecule has 90 valence electrons. The first-order valence-corrected chi connectivity index (χ1v) is 8.55. The van der Waals surface area contributed by atoms with E-state index in [1.54, 1.807) is 0 Å². The van der Waals surface area contributed by atoms with Gasteiger partial charge in [-0.15, -0.1) is 0 Å². The minimum atomic E-state index is -1.72. The lowest BCUT2D eigenvalue weighted by atomic mass is 10.1. The summed E-state index contributed by atoms with van der Waals surface area (Å²) >= 11 is 0. The number of hydrogen-bond donors (Lipinski definition) is 1. The van der Waals surface area contributed by atoms with Gasteiger partial charge >= 0.3 is 0 Å². The summed E-state index contributed by atoms with van der Waals surface area (Å²) in [5.41, 5.74) is 0. The molecule has 1 N–H and O–H groups in total. The van der Waals surface area contributed by atoms with Gasteiger partial charge in [-0.3, -0.25) is 0 Å². The minimum Gasteiger partial charge on any atom is -0.411 e. The summed E-state index contributed by atoms with van der Waals surface area (Å²) in [4.78, 5) is 0. The fourth-order valence-electron chi connectivity index (χ4n) is 1.43. The van der Waals surface area contributed by atoms with Crippen molar-refractivity contribution in [3.8, 4) is 0 Å². The van der Waals surface area contributed by atoms with Crippen molar-refractivity contribution >= 4 is 8.32 Å². The third kappa shape index (κ3) is 3.03. The van der Waals surface area contributed by atoms with Gasteiger partial charge in [0.05, 0.1) is 25.9 Å². The topological polar surface area (TPSA) is 38.7 Å². The van der Waals surface area contributed by atoms with E-state index in [9.17, 15) is 5.11 Å². The second kappa shape index (κ2) is 4.53. The molecule has 1 rings (SSSR count). The molecule has 1 heterocycles. The molecule has 0 spiro atoms. The van der Waals surface area contributed by atoms with Crippen LogP contribution in [0.2, 0.25) is 18.1 Å². The first-order valence-electron chi connectivity index (χ1n) is 5.64. The molecule has 1 fully saturated rings. The second-order valence-corrected chi connectivity index (χ2v) is 10.7. The van der Waals surface area contributed by atoms with Crippen molar-refractivity contribution in [1.82, 2.24) is 0 Å². The lowest BCUT2D eigenvalue weighted by Crippen LogP contribution is -2.46. The molecular weight excluding hydrogens is 208 g/mol. The molecule has 0 aromatic rings. The number of aliphatic hydroxyl groups is 1. The van der Waals surface area contributed by atoms with Crippen molar-refractivity contribution in [3.63, 3.8) is 0 Å². The van der Waals surface area contributed by atoms with Gasteiger partial charge in [0.15, 0.2) is 8.32 Å². The van der Waals surface area contributed by atoms with Crippen LogP contribution in [0.25, 0.3) is 0 Å². The predicted molar refractivity (Wildman–Crippen MR) is 63.5 cm³/mol. The van der Waals surface area contributed by atoms with Crippen molar-refractivity contribution in [1.29, 1.82) is 0 Å². The number of rotatable bonds is 3. The van der Waals surface area contributed by atoms with Crippen LogP contribution in [0.15, 0.2) is 0 Å². The van der Waals surface area contributed by atoms with Crippen LogP contribution in [0.4, 0.5) is 0 Å². The van der Waals surface area contributed by atoms with Crippen molar-refractivity contribution < 1.29 is 14.3 Å². The molecule has 0 radical (unpaired) electrons. The molecule has 2 atom stereocenters. The Bertz CT molecular complexity index is 210. The average molecular weight is 232 g/mol. The van der Waals surface area contributed by atoms with Crippen LogP contribution in [0.1, 0.15) is 20.8 Å². The van der Waals surface area contributed by atoms with Crippen LogP contribution in [0.5, 0.6) is 0 Å². The first kappa shape index (κ1) is 13.2. The molecule has 1 aliphatic heterocycles. The van der Waals surface area contributed by atoms with E-state index in [0.29, 0.717) is 13.2 Å². The summed E-state index contributed by atoms with van der Waals surface area (Å²) in [6, 6.07) is 0. The van der Waals surface area contributed by atoms with E-state index in [0.717, 1.165) is 0 Å². The Morgan fingerprint density at radius 2 is 1.93 bits per heavy atom. The van der Waals surface area contributed by atoms with Crippen LogP contribution >= 0.6 is 0 Å². The molecule has 1 saturated heterocycles. The Hall–Kier alpha value is 0.0969. The van der Waals surface area contributed by atoms with E-state index >= 15 is 0 Å². The smallest absolute Gasteiger partial charge is 0.192 e. The highest BCUT2D eigenvalue weighted by Crippen LogP contribution is 2.38. The van der Waals surface area contributed by atoms with Gasteiger partial charge < -0.3 is 14.3 Å². The molecule has 0 amide bonds. The Balaban J connectivity index is 2.60. The van der Waals surface area contributed by atoms with Crippen molar-refractivity contribution in [2.75, 3.05) is 19.8 Å². The lowest BCUT2D eigenvalue weighted by molar-refractivity contribution is 0.106. The highest BCUT2D eigenvalue weighted by Gasteiger charge is 2.42. The molecule has 3 nitrogen and oxygen atoms in total. The SMILES string of the molecule is CC(C)(C)[Si](C)(C)O[C@H]1COC[C@@H]1CO. The van der Waals surface area contributed by atoms with E-state index in [4.69, 9.17) is 9.16 Å². The fourth-order valence-corrected chi connectivity index (χ4v) is 2.81. The van der Waals surface area contributed by atoms with Crippen LogP contribution in [0.3, 0.4) is 0 Å². The number of hydrogen-bond acceptors (Lipinski definition) is 3. The van der Waals surface area contributed by atoms with Crippen LogP contribution in [-0.4, -0.2) is 39.3 Å². The van der Waals surface area contributed by atoms with Gasteiger partial charge in [0.2, 0.25) is 0 Å². The van der Waals surface area contributed by atoms with E-state index in [1.807, 2.05) is 0 Å². The highest BCUT2D eigenvalue weighted by molar-refractivity contribution is 6.74. The van der Waals surface area contributed by atoms with E-state index < -0.39 is 8.32 Å². The lowest BCUT2D eigenvalue weighted by Gasteiger charge is -2.39. The van der Waals surface area contributed by atoms with Crippen LogP contribution < -0.4 is 0 Å². The number of aliphatic hydroxyl groups excluding tert-OH is 1. The standard InChI is InChI=1S/C11H24O3Si/c1-11(2,3)15(4,5)14-10-8-13-7-9(10)6-12/h9-10,12H,6-8H2,1-5H3/t9-,10-/m0/s1. The first-order chi connectivity index (χ1) is 6.78. The van der Waals surface area contributed by atoms with E-state index in [2.05, 4.69) is 33.9 Å². The average Bonchev–Trinajstić information content (AvgIpc) is 2.48. The summed E-state index contributed by atoms with van der Waals surface area (Å²) in [6.07, 6.45) is 0.0934. The summed E-state index contributed by atoms with van der Waals surface area (Å²) in [5.74, 6) is 0.166. The quantitative estimate of drug-likeness (QED) is 0.757. The zero-order chi connectivity index (χ0) is 11.7. The molecule has 0 saturated carbocycles. The predicted octanol–water partition coefficient (Wildman–Crippen LogP) is 2.02. The Kier molecular flexibility index (Phi) is 3.98. The maximum atomic E-state index is 9.19. The van der Waals surface area contributed by atoms with Gasteiger partial charge in [-0.25, -0.2) is 0 Å². The summed E-state index contributed by atoms with van der Waals surface area (Å²) in [5, 5.41) is 9.41. The van der Waals surface area contributed by atoms with E-state index in [1.165, 1.54) is 0 Å². The molecule has 15 heavy (non-hydrogen) atoms. The molecule has 0 bridgehead atoms. The molecule has 0 unspecified atom stereocenters. The summed E-state index contributed by atoms with van der Waals surface area (Å²) < 4.78 is 11.6. The van der Waals surface area contributed by atoms with Crippen molar-refractivity contribution in [2.45, 2.75) is 45.0 Å². The zero-order valence-electron chi connectivity index (χ0n) is 10.5. The largest absolute Gasteiger partial charge is 0.411 e. The van der Waals surface area contributed by atoms with Gasteiger partial charge in [-0.1, -0.05) is 20.8 Å². The normalized spacial score (nSPS) is 28.4. The maximum absolute atomic E-state index is 9.19. The van der Waals surface area contributed by atoms with Gasteiger partial charge in [0.25, 0.3) is 0 Å². The minimum absolute atomic E-state index is 0.0934. The monoisotopic (exact) mass is 232 g/mol. The molecule has 0 aromatic carbocycles. The second-order valence-electron chi connectivity index (χ2n) is 5.90. The molecule has 4 heteroatoms. The van der Waals surface area contributed by atoms with Gasteiger partial charge in [0, 0.05) is 5.92 Å². The van der Waals surface area contributed by atoms with Gasteiger partial charge in [-0.2, -0.15) is 0 Å². The third-order valence-electron chi connectivity index (χ3n) is 3.63. The Labute approximate surface area is 93.9 Å². The highest BCUT2D eigenvalue weighted by atomic mass is 28.4. The molecule has 0 aliphatic carbocycles. The Morgan fingerprint density at radius 1 is 1.33 bits per heavy atom. The maximum Gasteiger partial charge on any atom is 0.192 e. The third-order valence-corrected chi connectivity index (χ3v) is 8.13. The molecular formula is C11H24O3Si. The Morgan fingerprint density at radius 3 is 2.40 bits per heavy atom. The van der Waals surface area contributed by atoms with Gasteiger partial charge in [0.1, 0.15) is 0 Å². The zero-order valence-corrected chi connectivity index (χ0v) is 11.5.